The first-order valence-electron chi connectivity index (χ1n) is 10.1. The predicted molar refractivity (Wildman–Crippen MR) is 122 cm³/mol. The topological polar surface area (TPSA) is 107 Å². The van der Waals surface area contributed by atoms with Crippen molar-refractivity contribution < 1.29 is 13.2 Å². The predicted octanol–water partition coefficient (Wildman–Crippen LogP) is 3.35. The first-order chi connectivity index (χ1) is 15.4. The lowest BCUT2D eigenvalue weighted by Gasteiger charge is -2.19. The van der Waals surface area contributed by atoms with Crippen molar-refractivity contribution in [2.75, 3.05) is 4.83 Å². The van der Waals surface area contributed by atoms with Crippen LogP contribution in [0.25, 0.3) is 22.4 Å². The second-order valence-corrected chi connectivity index (χ2v) is 9.25. The second-order valence-electron chi connectivity index (χ2n) is 7.59. The van der Waals surface area contributed by atoms with Crippen LogP contribution in [0.3, 0.4) is 0 Å². The van der Waals surface area contributed by atoms with Crippen molar-refractivity contribution in [3.63, 3.8) is 0 Å². The fraction of sp³-hybridized carbons (Fsp3) is 0.0833. The Morgan fingerprint density at radius 1 is 0.875 bits per heavy atom. The van der Waals surface area contributed by atoms with E-state index in [4.69, 9.17) is 5.73 Å². The van der Waals surface area contributed by atoms with E-state index in [2.05, 4.69) is 9.93 Å². The number of fused-ring (bicyclic) bond motifs is 3. The van der Waals surface area contributed by atoms with Crippen LogP contribution in [0.2, 0.25) is 0 Å². The lowest BCUT2D eigenvalue weighted by Crippen LogP contribution is -2.26. The molecule has 0 radical (unpaired) electrons. The van der Waals surface area contributed by atoms with Crippen LogP contribution in [0.1, 0.15) is 21.6 Å². The largest absolute Gasteiger partial charge is 0.364 e. The van der Waals surface area contributed by atoms with E-state index in [0.717, 1.165) is 33.5 Å². The molecule has 1 aliphatic carbocycles. The van der Waals surface area contributed by atoms with Crippen LogP contribution in [0, 0.1) is 0 Å². The van der Waals surface area contributed by atoms with Crippen LogP contribution in [0.5, 0.6) is 0 Å². The van der Waals surface area contributed by atoms with E-state index in [0.29, 0.717) is 17.7 Å². The van der Waals surface area contributed by atoms with Crippen LogP contribution in [0.4, 0.5) is 0 Å². The van der Waals surface area contributed by atoms with Crippen LogP contribution in [-0.4, -0.2) is 24.2 Å². The lowest BCUT2D eigenvalue weighted by molar-refractivity contribution is 0.0994. The molecule has 5 rings (SSSR count). The number of sulfonamides is 1. The number of aromatic nitrogens is 2. The zero-order valence-corrected chi connectivity index (χ0v) is 17.8. The number of nitrogens with two attached hydrogens (primary N) is 1. The highest BCUT2D eigenvalue weighted by Crippen LogP contribution is 2.35. The number of nitrogens with one attached hydrogen (secondary N) is 1. The van der Waals surface area contributed by atoms with Crippen molar-refractivity contribution in [1.29, 1.82) is 0 Å². The zero-order chi connectivity index (χ0) is 22.3. The molecule has 7 nitrogen and oxygen atoms in total. The van der Waals surface area contributed by atoms with E-state index in [1.807, 2.05) is 54.6 Å². The van der Waals surface area contributed by atoms with Gasteiger partial charge in [0.1, 0.15) is 0 Å². The van der Waals surface area contributed by atoms with Crippen molar-refractivity contribution in [2.24, 2.45) is 5.73 Å². The molecule has 160 valence electrons. The number of carbonyl (C=O) groups is 1. The average Bonchev–Trinajstić information content (AvgIpc) is 3.18. The zero-order valence-electron chi connectivity index (χ0n) is 17.0. The molecule has 1 aliphatic rings. The Kier molecular flexibility index (Phi) is 4.79. The lowest BCUT2D eigenvalue weighted by atomic mass is 9.89. The van der Waals surface area contributed by atoms with Gasteiger partial charge in [-0.3, -0.25) is 4.79 Å². The van der Waals surface area contributed by atoms with Crippen molar-refractivity contribution in [3.8, 4) is 22.4 Å². The van der Waals surface area contributed by atoms with Crippen LogP contribution in [0.15, 0.2) is 83.8 Å². The molecule has 0 saturated carbocycles. The van der Waals surface area contributed by atoms with Gasteiger partial charge in [0.25, 0.3) is 15.9 Å². The number of primary amides is 1. The minimum absolute atomic E-state index is 0.0802. The van der Waals surface area contributed by atoms with Crippen LogP contribution < -0.4 is 10.6 Å². The minimum atomic E-state index is -3.96. The quantitative estimate of drug-likeness (QED) is 0.492. The molecule has 0 bridgehead atoms. The monoisotopic (exact) mass is 444 g/mol. The van der Waals surface area contributed by atoms with Crippen molar-refractivity contribution >= 4 is 15.9 Å². The smallest absolute Gasteiger partial charge is 0.276 e. The van der Waals surface area contributed by atoms with Gasteiger partial charge in [0.15, 0.2) is 5.69 Å². The summed E-state index contributed by atoms with van der Waals surface area (Å²) in [7, 11) is -3.96. The third-order valence-electron chi connectivity index (χ3n) is 5.61. The number of carbonyl (C=O) groups excluding carboxylic acids is 1. The molecular weight excluding hydrogens is 424 g/mol. The number of rotatable bonds is 5. The van der Waals surface area contributed by atoms with Crippen molar-refractivity contribution in [3.05, 3.63) is 95.7 Å². The molecule has 0 fully saturated rings. The summed E-state index contributed by atoms with van der Waals surface area (Å²) < 4.78 is 26.3. The standard InChI is InChI=1S/C24H20N4O3S/c25-24(29)22-21-15-12-18-8-4-5-9-20(18)23(21)28(26-22)27-32(30,31)19-13-10-17(11-14-19)16-6-2-1-3-7-16/h1-11,13-14,27H,12,15H2,(H2,25,29). The Bertz CT molecular complexity index is 1430. The third-order valence-corrected chi connectivity index (χ3v) is 6.92. The molecule has 1 heterocycles. The maximum atomic E-state index is 13.1. The number of nitrogens with zero attached hydrogens (tertiary/aromatic N) is 2. The van der Waals surface area contributed by atoms with E-state index >= 15 is 0 Å². The van der Waals surface area contributed by atoms with Gasteiger partial charge in [0.2, 0.25) is 0 Å². The van der Waals surface area contributed by atoms with E-state index < -0.39 is 15.9 Å². The Hall–Kier alpha value is -3.91. The van der Waals surface area contributed by atoms with Crippen molar-refractivity contribution in [2.45, 2.75) is 17.7 Å². The summed E-state index contributed by atoms with van der Waals surface area (Å²) in [6.07, 6.45) is 1.28. The highest BCUT2D eigenvalue weighted by molar-refractivity contribution is 7.92. The first kappa shape index (κ1) is 20.0. The van der Waals surface area contributed by atoms with Crippen molar-refractivity contribution in [1.82, 2.24) is 9.89 Å². The molecule has 8 heteroatoms. The van der Waals surface area contributed by atoms with E-state index in [1.54, 1.807) is 24.3 Å². The van der Waals surface area contributed by atoms with Crippen LogP contribution >= 0.6 is 0 Å². The summed E-state index contributed by atoms with van der Waals surface area (Å²) in [4.78, 5) is 15.7. The summed E-state index contributed by atoms with van der Waals surface area (Å²) >= 11 is 0. The van der Waals surface area contributed by atoms with E-state index in [-0.39, 0.29) is 10.6 Å². The normalized spacial score (nSPS) is 12.6. The van der Waals surface area contributed by atoms with Gasteiger partial charge in [-0.1, -0.05) is 66.7 Å². The van der Waals surface area contributed by atoms with E-state index in [9.17, 15) is 13.2 Å². The summed E-state index contributed by atoms with van der Waals surface area (Å²) in [5, 5.41) is 4.22. The molecule has 0 spiro atoms. The first-order valence-corrected chi connectivity index (χ1v) is 11.6. The fourth-order valence-corrected chi connectivity index (χ4v) is 5.04. The van der Waals surface area contributed by atoms with Gasteiger partial charge in [-0.05, 0) is 41.7 Å². The van der Waals surface area contributed by atoms with Gasteiger partial charge in [-0.2, -0.15) is 18.0 Å². The molecule has 0 saturated heterocycles. The minimum Gasteiger partial charge on any atom is -0.364 e. The maximum absolute atomic E-state index is 13.1. The van der Waals surface area contributed by atoms with Gasteiger partial charge in [0.05, 0.1) is 10.6 Å². The summed E-state index contributed by atoms with van der Waals surface area (Å²) in [5.41, 5.74) is 10.6. The van der Waals surface area contributed by atoms with E-state index in [1.165, 1.54) is 0 Å². The maximum Gasteiger partial charge on any atom is 0.276 e. The molecular formula is C24H20N4O3S. The Morgan fingerprint density at radius 2 is 1.53 bits per heavy atom. The fourth-order valence-electron chi connectivity index (χ4n) is 4.08. The molecule has 1 aromatic heterocycles. The number of benzene rings is 3. The van der Waals surface area contributed by atoms with Gasteiger partial charge >= 0.3 is 0 Å². The number of aryl methyl sites for hydroxylation is 1. The molecule has 0 aliphatic heterocycles. The van der Waals surface area contributed by atoms with Gasteiger partial charge in [0, 0.05) is 11.1 Å². The Morgan fingerprint density at radius 3 is 2.25 bits per heavy atom. The molecule has 4 aromatic rings. The number of hydrogen-bond donors (Lipinski definition) is 2. The highest BCUT2D eigenvalue weighted by Gasteiger charge is 2.29. The number of hydrogen-bond acceptors (Lipinski definition) is 4. The SMILES string of the molecule is NC(=O)c1nn(NS(=O)(=O)c2ccc(-c3ccccc3)cc2)c2c1CCc1ccccc1-2. The van der Waals surface area contributed by atoms with Gasteiger partial charge in [-0.15, -0.1) is 5.10 Å². The van der Waals surface area contributed by atoms with Crippen LogP contribution in [-0.2, 0) is 22.9 Å². The van der Waals surface area contributed by atoms with Gasteiger partial charge in [-0.25, -0.2) is 0 Å². The summed E-state index contributed by atoms with van der Waals surface area (Å²) in [5.74, 6) is -0.689. The summed E-state index contributed by atoms with van der Waals surface area (Å²) in [6.45, 7) is 0. The molecule has 32 heavy (non-hydrogen) atoms. The third kappa shape index (κ3) is 3.44. The average molecular weight is 445 g/mol. The molecule has 1 amide bonds. The highest BCUT2D eigenvalue weighted by atomic mass is 32.2. The Balaban J connectivity index is 1.54. The summed E-state index contributed by atoms with van der Waals surface area (Å²) in [6, 6.07) is 24.0. The second kappa shape index (κ2) is 7.65. The molecule has 3 aromatic carbocycles. The molecule has 0 atom stereocenters. The Labute approximate surface area is 185 Å². The molecule has 3 N–H and O–H groups in total. The number of amides is 1. The molecule has 0 unspecified atom stereocenters. The van der Waals surface area contributed by atoms with Gasteiger partial charge < -0.3 is 5.73 Å².